The molecule has 0 aliphatic carbocycles. The van der Waals surface area contributed by atoms with Gasteiger partial charge in [-0.15, -0.1) is 11.8 Å². The number of nitrogens with two attached hydrogens (primary N) is 1. The summed E-state index contributed by atoms with van der Waals surface area (Å²) in [5.74, 6) is -0.333. The van der Waals surface area contributed by atoms with E-state index in [1.54, 1.807) is 6.92 Å². The third kappa shape index (κ3) is 5.58. The van der Waals surface area contributed by atoms with Crippen LogP contribution in [0.15, 0.2) is 57.9 Å². The van der Waals surface area contributed by atoms with Gasteiger partial charge < -0.3 is 16.4 Å². The molecule has 0 heterocycles. The summed E-state index contributed by atoms with van der Waals surface area (Å²) in [5.41, 5.74) is 6.71. The van der Waals surface area contributed by atoms with Crippen LogP contribution in [0.25, 0.3) is 0 Å². The van der Waals surface area contributed by atoms with Crippen LogP contribution >= 0.6 is 27.7 Å². The SMILES string of the molecule is C[C@@H](Nc1ccccc1SCC(N)=O)C(=O)Nc1ccc(Br)cc1. The average Bonchev–Trinajstić information content (AvgIpc) is 2.56. The molecule has 0 aliphatic heterocycles. The Morgan fingerprint density at radius 3 is 2.50 bits per heavy atom. The molecule has 1 atom stereocenters. The van der Waals surface area contributed by atoms with Crippen molar-refractivity contribution < 1.29 is 9.59 Å². The number of para-hydroxylation sites is 1. The van der Waals surface area contributed by atoms with E-state index in [1.165, 1.54) is 11.8 Å². The van der Waals surface area contributed by atoms with E-state index in [2.05, 4.69) is 26.6 Å². The average molecular weight is 408 g/mol. The fourth-order valence-electron chi connectivity index (χ4n) is 1.94. The summed E-state index contributed by atoms with van der Waals surface area (Å²) < 4.78 is 0.951. The highest BCUT2D eigenvalue weighted by Gasteiger charge is 2.14. The Kier molecular flexibility index (Phi) is 6.69. The van der Waals surface area contributed by atoms with Crippen molar-refractivity contribution in [3.63, 3.8) is 0 Å². The first kappa shape index (κ1) is 18.4. The summed E-state index contributed by atoms with van der Waals surface area (Å²) in [4.78, 5) is 24.1. The monoisotopic (exact) mass is 407 g/mol. The van der Waals surface area contributed by atoms with Crippen LogP contribution < -0.4 is 16.4 Å². The van der Waals surface area contributed by atoms with Gasteiger partial charge in [-0.3, -0.25) is 9.59 Å². The lowest BCUT2D eigenvalue weighted by Crippen LogP contribution is -2.32. The molecule has 0 aromatic heterocycles. The van der Waals surface area contributed by atoms with Crippen molar-refractivity contribution in [3.8, 4) is 0 Å². The first-order valence-corrected chi connectivity index (χ1v) is 9.06. The van der Waals surface area contributed by atoms with E-state index in [0.29, 0.717) is 0 Å². The van der Waals surface area contributed by atoms with Crippen molar-refractivity contribution in [1.82, 2.24) is 0 Å². The molecule has 126 valence electrons. The van der Waals surface area contributed by atoms with Crippen LogP contribution in [0.5, 0.6) is 0 Å². The van der Waals surface area contributed by atoms with Crippen LogP contribution in [-0.2, 0) is 9.59 Å². The molecule has 2 amide bonds. The van der Waals surface area contributed by atoms with Gasteiger partial charge in [0, 0.05) is 20.7 Å². The topological polar surface area (TPSA) is 84.2 Å². The number of anilines is 2. The number of primary amides is 1. The molecule has 24 heavy (non-hydrogen) atoms. The second kappa shape index (κ2) is 8.75. The van der Waals surface area contributed by atoms with E-state index in [1.807, 2.05) is 48.5 Å². The van der Waals surface area contributed by atoms with Crippen LogP contribution in [0.2, 0.25) is 0 Å². The highest BCUT2D eigenvalue weighted by atomic mass is 79.9. The van der Waals surface area contributed by atoms with E-state index < -0.39 is 6.04 Å². The largest absolute Gasteiger partial charge is 0.373 e. The highest BCUT2D eigenvalue weighted by molar-refractivity contribution is 9.10. The highest BCUT2D eigenvalue weighted by Crippen LogP contribution is 2.27. The number of carbonyl (C=O) groups is 2. The Morgan fingerprint density at radius 1 is 1.17 bits per heavy atom. The standard InChI is InChI=1S/C17H18BrN3O2S/c1-11(17(23)21-13-8-6-12(18)7-9-13)20-14-4-2-3-5-15(14)24-10-16(19)22/h2-9,11,20H,10H2,1H3,(H2,19,22)(H,21,23)/t11-/m1/s1. The van der Waals surface area contributed by atoms with Crippen molar-refractivity contribution in [1.29, 1.82) is 0 Å². The van der Waals surface area contributed by atoms with Crippen LogP contribution in [0.1, 0.15) is 6.92 Å². The van der Waals surface area contributed by atoms with Gasteiger partial charge >= 0.3 is 0 Å². The first-order chi connectivity index (χ1) is 11.5. The molecule has 7 heteroatoms. The zero-order valence-electron chi connectivity index (χ0n) is 13.1. The number of halogens is 1. The number of thioether (sulfide) groups is 1. The zero-order valence-corrected chi connectivity index (χ0v) is 15.5. The number of hydrogen-bond donors (Lipinski definition) is 3. The number of carbonyl (C=O) groups excluding carboxylic acids is 2. The van der Waals surface area contributed by atoms with Gasteiger partial charge in [-0.1, -0.05) is 28.1 Å². The van der Waals surface area contributed by atoms with Gasteiger partial charge in [0.2, 0.25) is 11.8 Å². The number of nitrogens with one attached hydrogen (secondary N) is 2. The molecule has 0 spiro atoms. The van der Waals surface area contributed by atoms with E-state index in [0.717, 1.165) is 20.7 Å². The lowest BCUT2D eigenvalue weighted by atomic mass is 10.2. The summed E-state index contributed by atoms with van der Waals surface area (Å²) in [6.45, 7) is 1.78. The summed E-state index contributed by atoms with van der Waals surface area (Å²) >= 11 is 4.70. The van der Waals surface area contributed by atoms with E-state index in [4.69, 9.17) is 5.73 Å². The molecular formula is C17H18BrN3O2S. The molecule has 2 rings (SSSR count). The first-order valence-electron chi connectivity index (χ1n) is 7.29. The van der Waals surface area contributed by atoms with Crippen LogP contribution in [-0.4, -0.2) is 23.6 Å². The molecule has 0 bridgehead atoms. The predicted octanol–water partition coefficient (Wildman–Crippen LogP) is 3.47. The fourth-order valence-corrected chi connectivity index (χ4v) is 2.96. The smallest absolute Gasteiger partial charge is 0.246 e. The molecule has 0 radical (unpaired) electrons. The van der Waals surface area contributed by atoms with Gasteiger partial charge in [-0.2, -0.15) is 0 Å². The van der Waals surface area contributed by atoms with Gasteiger partial charge in [0.15, 0.2) is 0 Å². The number of amides is 2. The van der Waals surface area contributed by atoms with E-state index in [9.17, 15) is 9.59 Å². The maximum Gasteiger partial charge on any atom is 0.246 e. The van der Waals surface area contributed by atoms with E-state index >= 15 is 0 Å². The Labute approximate surface area is 153 Å². The van der Waals surface area contributed by atoms with Crippen molar-refractivity contribution in [2.45, 2.75) is 17.9 Å². The lowest BCUT2D eigenvalue weighted by molar-refractivity contribution is -0.117. The molecule has 0 aliphatic rings. The lowest BCUT2D eigenvalue weighted by Gasteiger charge is -2.17. The second-order valence-electron chi connectivity index (χ2n) is 5.11. The molecular weight excluding hydrogens is 390 g/mol. The minimum Gasteiger partial charge on any atom is -0.373 e. The summed E-state index contributed by atoms with van der Waals surface area (Å²) in [7, 11) is 0. The predicted molar refractivity (Wildman–Crippen MR) is 102 cm³/mol. The molecule has 0 fully saturated rings. The summed E-state index contributed by atoms with van der Waals surface area (Å²) in [5, 5.41) is 6.03. The Bertz CT molecular complexity index is 722. The third-order valence-corrected chi connectivity index (χ3v) is 4.76. The summed E-state index contributed by atoms with van der Waals surface area (Å²) in [6.07, 6.45) is 0. The zero-order chi connectivity index (χ0) is 17.5. The minimum atomic E-state index is -0.441. The quantitative estimate of drug-likeness (QED) is 0.613. The fraction of sp³-hybridized carbons (Fsp3) is 0.176. The van der Waals surface area contributed by atoms with Crippen LogP contribution in [0, 0.1) is 0 Å². The maximum absolute atomic E-state index is 12.3. The molecule has 4 N–H and O–H groups in total. The summed E-state index contributed by atoms with van der Waals surface area (Å²) in [6, 6.07) is 14.4. The number of benzene rings is 2. The van der Waals surface area contributed by atoms with Gasteiger partial charge in [0.1, 0.15) is 6.04 Å². The Morgan fingerprint density at radius 2 is 1.83 bits per heavy atom. The molecule has 2 aromatic rings. The number of rotatable bonds is 7. The van der Waals surface area contributed by atoms with Crippen molar-refractivity contribution in [2.75, 3.05) is 16.4 Å². The van der Waals surface area contributed by atoms with Gasteiger partial charge in [0.25, 0.3) is 0 Å². The molecule has 5 nitrogen and oxygen atoms in total. The van der Waals surface area contributed by atoms with Gasteiger partial charge in [-0.05, 0) is 43.3 Å². The van der Waals surface area contributed by atoms with Crippen LogP contribution in [0.4, 0.5) is 11.4 Å². The number of hydrogen-bond acceptors (Lipinski definition) is 4. The molecule has 0 saturated heterocycles. The van der Waals surface area contributed by atoms with Crippen molar-refractivity contribution >= 4 is 50.9 Å². The Balaban J connectivity index is 2.00. The van der Waals surface area contributed by atoms with E-state index in [-0.39, 0.29) is 17.6 Å². The Hall–Kier alpha value is -1.99. The second-order valence-corrected chi connectivity index (χ2v) is 7.05. The maximum atomic E-state index is 12.3. The molecule has 2 aromatic carbocycles. The minimum absolute atomic E-state index is 0.146. The third-order valence-electron chi connectivity index (χ3n) is 3.13. The normalized spacial score (nSPS) is 11.6. The van der Waals surface area contributed by atoms with Gasteiger partial charge in [-0.25, -0.2) is 0 Å². The molecule has 0 saturated carbocycles. The van der Waals surface area contributed by atoms with Crippen molar-refractivity contribution in [3.05, 3.63) is 53.0 Å². The van der Waals surface area contributed by atoms with Crippen LogP contribution in [0.3, 0.4) is 0 Å². The molecule has 0 unspecified atom stereocenters. The van der Waals surface area contributed by atoms with Crippen molar-refractivity contribution in [2.24, 2.45) is 5.73 Å². The van der Waals surface area contributed by atoms with Gasteiger partial charge in [0.05, 0.1) is 5.75 Å².